The number of carbonyl (C=O) groups is 2. The van der Waals surface area contributed by atoms with Gasteiger partial charge in [0.1, 0.15) is 23.0 Å². The van der Waals surface area contributed by atoms with Gasteiger partial charge in [-0.3, -0.25) is 4.79 Å². The fourth-order valence-corrected chi connectivity index (χ4v) is 2.33. The normalized spacial score (nSPS) is 11.1. The highest BCUT2D eigenvalue weighted by molar-refractivity contribution is 6.11. The molecule has 0 aliphatic heterocycles. The number of para-hydroxylation sites is 2. The van der Waals surface area contributed by atoms with Gasteiger partial charge in [0.15, 0.2) is 0 Å². The lowest BCUT2D eigenvalue weighted by Gasteiger charge is -2.07. The first kappa shape index (κ1) is 16.0. The lowest BCUT2D eigenvalue weighted by atomic mass is 10.1. The molecule has 0 saturated heterocycles. The Labute approximate surface area is 142 Å². The molecule has 0 aliphatic rings. The van der Waals surface area contributed by atoms with E-state index >= 15 is 0 Å². The van der Waals surface area contributed by atoms with E-state index in [1.807, 2.05) is 18.2 Å². The van der Waals surface area contributed by atoms with E-state index in [4.69, 9.17) is 9.52 Å². The summed E-state index contributed by atoms with van der Waals surface area (Å²) in [7, 11) is 0. The van der Waals surface area contributed by atoms with Crippen molar-refractivity contribution in [2.75, 3.05) is 5.32 Å². The highest BCUT2D eigenvalue weighted by atomic mass is 16.4. The molecule has 0 atom stereocenters. The van der Waals surface area contributed by atoms with Crippen molar-refractivity contribution in [1.82, 2.24) is 0 Å². The van der Waals surface area contributed by atoms with Gasteiger partial charge in [-0.05, 0) is 24.3 Å². The molecule has 25 heavy (non-hydrogen) atoms. The molecule has 6 nitrogen and oxygen atoms in total. The molecule has 122 valence electrons. The number of aromatic carboxylic acids is 1. The Hall–Kier alpha value is -3.85. The van der Waals surface area contributed by atoms with Crippen LogP contribution in [0.4, 0.5) is 5.69 Å². The second-order valence-electron chi connectivity index (χ2n) is 5.16. The quantitative estimate of drug-likeness (QED) is 0.560. The van der Waals surface area contributed by atoms with Gasteiger partial charge >= 0.3 is 5.97 Å². The van der Waals surface area contributed by atoms with Crippen molar-refractivity contribution in [3.05, 3.63) is 71.5 Å². The van der Waals surface area contributed by atoms with Crippen LogP contribution in [0.3, 0.4) is 0 Å². The van der Waals surface area contributed by atoms with Crippen molar-refractivity contribution < 1.29 is 19.1 Å². The van der Waals surface area contributed by atoms with Crippen molar-refractivity contribution in [2.45, 2.75) is 0 Å². The Morgan fingerprint density at radius 3 is 2.56 bits per heavy atom. The van der Waals surface area contributed by atoms with Gasteiger partial charge in [-0.15, -0.1) is 0 Å². The molecule has 0 fully saturated rings. The van der Waals surface area contributed by atoms with Crippen LogP contribution in [-0.4, -0.2) is 17.0 Å². The SMILES string of the molecule is N#C/C(=C/c1cc2ccccc2o1)C(=O)Nc1ccccc1C(=O)O. The number of hydrogen-bond donors (Lipinski definition) is 2. The standard InChI is InChI=1S/C19H12N2O4/c20-11-13(10-14-9-12-5-1-4-8-17(12)25-14)18(22)21-16-7-3-2-6-15(16)19(23)24/h1-10H,(H,21,22)(H,23,24)/b13-10-. The van der Waals surface area contributed by atoms with E-state index in [1.54, 1.807) is 30.3 Å². The molecule has 1 aromatic heterocycles. The third-order valence-electron chi connectivity index (χ3n) is 3.50. The molecule has 6 heteroatoms. The third kappa shape index (κ3) is 3.41. The summed E-state index contributed by atoms with van der Waals surface area (Å²) < 4.78 is 5.56. The van der Waals surface area contributed by atoms with Gasteiger partial charge in [-0.25, -0.2) is 4.79 Å². The first-order valence-electron chi connectivity index (χ1n) is 7.32. The molecule has 3 aromatic rings. The molecular weight excluding hydrogens is 320 g/mol. The summed E-state index contributed by atoms with van der Waals surface area (Å²) in [5, 5.41) is 21.7. The molecule has 1 heterocycles. The lowest BCUT2D eigenvalue weighted by molar-refractivity contribution is -0.112. The molecule has 2 N–H and O–H groups in total. The number of nitrogens with one attached hydrogen (secondary N) is 1. The maximum atomic E-state index is 12.3. The van der Waals surface area contributed by atoms with Gasteiger partial charge in [-0.2, -0.15) is 5.26 Å². The van der Waals surface area contributed by atoms with Gasteiger partial charge in [0.05, 0.1) is 11.3 Å². The highest BCUT2D eigenvalue weighted by Crippen LogP contribution is 2.21. The minimum Gasteiger partial charge on any atom is -0.478 e. The summed E-state index contributed by atoms with van der Waals surface area (Å²) in [6, 6.07) is 16.8. The minimum absolute atomic E-state index is 0.0584. The van der Waals surface area contributed by atoms with Crippen LogP contribution in [0.25, 0.3) is 17.0 Å². The average molecular weight is 332 g/mol. The fraction of sp³-hybridized carbons (Fsp3) is 0. The maximum absolute atomic E-state index is 12.3. The molecule has 0 bridgehead atoms. The summed E-state index contributed by atoms with van der Waals surface area (Å²) in [5.41, 5.74) is 0.504. The summed E-state index contributed by atoms with van der Waals surface area (Å²) >= 11 is 0. The van der Waals surface area contributed by atoms with E-state index in [0.29, 0.717) is 11.3 Å². The summed E-state index contributed by atoms with van der Waals surface area (Å²) in [6.07, 6.45) is 1.32. The zero-order chi connectivity index (χ0) is 17.8. The Bertz CT molecular complexity index is 1010. The molecule has 1 amide bonds. The first-order chi connectivity index (χ1) is 12.1. The van der Waals surface area contributed by atoms with Gasteiger partial charge in [0.25, 0.3) is 5.91 Å². The summed E-state index contributed by atoms with van der Waals surface area (Å²) in [5.74, 6) is -1.52. The lowest BCUT2D eigenvalue weighted by Crippen LogP contribution is -2.16. The Balaban J connectivity index is 1.89. The van der Waals surface area contributed by atoms with Crippen LogP contribution in [-0.2, 0) is 4.79 Å². The zero-order valence-electron chi connectivity index (χ0n) is 12.9. The van der Waals surface area contributed by atoms with E-state index < -0.39 is 11.9 Å². The maximum Gasteiger partial charge on any atom is 0.337 e. The number of nitriles is 1. The Morgan fingerprint density at radius 1 is 1.12 bits per heavy atom. The van der Waals surface area contributed by atoms with Crippen LogP contribution in [0.5, 0.6) is 0 Å². The monoisotopic (exact) mass is 332 g/mol. The predicted octanol–water partition coefficient (Wildman–Crippen LogP) is 3.68. The van der Waals surface area contributed by atoms with E-state index in [2.05, 4.69) is 5.32 Å². The second-order valence-corrected chi connectivity index (χ2v) is 5.16. The smallest absolute Gasteiger partial charge is 0.337 e. The molecule has 0 spiro atoms. The van der Waals surface area contributed by atoms with Crippen molar-refractivity contribution in [1.29, 1.82) is 5.26 Å². The minimum atomic E-state index is -1.17. The van der Waals surface area contributed by atoms with Crippen molar-refractivity contribution >= 4 is 34.6 Å². The van der Waals surface area contributed by atoms with E-state index in [9.17, 15) is 14.9 Å². The summed E-state index contributed by atoms with van der Waals surface area (Å²) in [4.78, 5) is 23.5. The number of carboxylic acid groups (broad SMARTS) is 1. The number of nitrogens with zero attached hydrogens (tertiary/aromatic N) is 1. The number of rotatable bonds is 4. The highest BCUT2D eigenvalue weighted by Gasteiger charge is 2.15. The second kappa shape index (κ2) is 6.72. The number of fused-ring (bicyclic) bond motifs is 1. The van der Waals surface area contributed by atoms with Crippen LogP contribution in [0, 0.1) is 11.3 Å². The number of furan rings is 1. The summed E-state index contributed by atoms with van der Waals surface area (Å²) in [6.45, 7) is 0. The molecule has 0 saturated carbocycles. The van der Waals surface area contributed by atoms with Gasteiger partial charge in [0.2, 0.25) is 0 Å². The first-order valence-corrected chi connectivity index (χ1v) is 7.32. The van der Waals surface area contributed by atoms with Crippen molar-refractivity contribution in [3.63, 3.8) is 0 Å². The molecule has 2 aromatic carbocycles. The molecule has 0 radical (unpaired) electrons. The fourth-order valence-electron chi connectivity index (χ4n) is 2.33. The van der Waals surface area contributed by atoms with Gasteiger partial charge < -0.3 is 14.8 Å². The zero-order valence-corrected chi connectivity index (χ0v) is 12.9. The topological polar surface area (TPSA) is 103 Å². The van der Waals surface area contributed by atoms with Crippen LogP contribution >= 0.6 is 0 Å². The Kier molecular flexibility index (Phi) is 4.31. The number of benzene rings is 2. The van der Waals surface area contributed by atoms with Crippen LogP contribution in [0.15, 0.2) is 64.6 Å². The van der Waals surface area contributed by atoms with Crippen molar-refractivity contribution in [3.8, 4) is 6.07 Å². The number of amides is 1. The van der Waals surface area contributed by atoms with E-state index in [-0.39, 0.29) is 16.8 Å². The third-order valence-corrected chi connectivity index (χ3v) is 3.50. The van der Waals surface area contributed by atoms with Crippen LogP contribution in [0.1, 0.15) is 16.1 Å². The Morgan fingerprint density at radius 2 is 1.84 bits per heavy atom. The average Bonchev–Trinajstić information content (AvgIpc) is 3.02. The molecule has 3 rings (SSSR count). The number of hydrogen-bond acceptors (Lipinski definition) is 4. The van der Waals surface area contributed by atoms with E-state index in [1.165, 1.54) is 18.2 Å². The van der Waals surface area contributed by atoms with Gasteiger partial charge in [0, 0.05) is 11.5 Å². The van der Waals surface area contributed by atoms with Gasteiger partial charge in [-0.1, -0.05) is 30.3 Å². The van der Waals surface area contributed by atoms with Crippen molar-refractivity contribution in [2.24, 2.45) is 0 Å². The molecule has 0 aliphatic carbocycles. The van der Waals surface area contributed by atoms with Crippen LogP contribution in [0.2, 0.25) is 0 Å². The predicted molar refractivity (Wildman–Crippen MR) is 91.8 cm³/mol. The number of carbonyl (C=O) groups excluding carboxylic acids is 1. The largest absolute Gasteiger partial charge is 0.478 e. The van der Waals surface area contributed by atoms with E-state index in [0.717, 1.165) is 5.39 Å². The molecule has 0 unspecified atom stereocenters. The van der Waals surface area contributed by atoms with Crippen LogP contribution < -0.4 is 5.32 Å². The molecular formula is C19H12N2O4. The number of anilines is 1. The number of carboxylic acids is 1.